The van der Waals surface area contributed by atoms with Gasteiger partial charge in [0.2, 0.25) is 0 Å². The summed E-state index contributed by atoms with van der Waals surface area (Å²) in [6.45, 7) is 0.628. The number of hydrogen-bond acceptors (Lipinski definition) is 7. The van der Waals surface area contributed by atoms with Crippen molar-refractivity contribution in [1.82, 2.24) is 4.90 Å². The maximum atomic E-state index is 12.0. The summed E-state index contributed by atoms with van der Waals surface area (Å²) >= 11 is 6.39. The molecular weight excluding hydrogens is 400 g/mol. The minimum Gasteiger partial charge on any atom is -0.490 e. The highest BCUT2D eigenvalue weighted by atomic mass is 32.2. The molecule has 7 nitrogen and oxygen atoms in total. The third-order valence-electron chi connectivity index (χ3n) is 3.83. The van der Waals surface area contributed by atoms with Crippen LogP contribution in [0.2, 0.25) is 0 Å². The van der Waals surface area contributed by atoms with Gasteiger partial charge in [-0.1, -0.05) is 36.1 Å². The zero-order valence-corrected chi connectivity index (χ0v) is 16.5. The van der Waals surface area contributed by atoms with E-state index in [4.69, 9.17) is 21.7 Å². The number of likely N-dealkylation sites (N-methyl/N-ethyl adjacent to an activating group) is 1. The molecule has 0 saturated carbocycles. The van der Waals surface area contributed by atoms with Gasteiger partial charge in [-0.2, -0.15) is 0 Å². The van der Waals surface area contributed by atoms with Crippen molar-refractivity contribution in [1.29, 1.82) is 0 Å². The van der Waals surface area contributed by atoms with Gasteiger partial charge in [0.1, 0.15) is 29.0 Å². The third kappa shape index (κ3) is 4.87. The molecule has 0 atom stereocenters. The number of nitro benzene ring substituents is 1. The van der Waals surface area contributed by atoms with Crippen molar-refractivity contribution < 1.29 is 19.2 Å². The van der Waals surface area contributed by atoms with Gasteiger partial charge in [-0.05, 0) is 35.9 Å². The van der Waals surface area contributed by atoms with Gasteiger partial charge in [0.25, 0.3) is 11.6 Å². The van der Waals surface area contributed by atoms with Gasteiger partial charge in [0.05, 0.1) is 9.83 Å². The van der Waals surface area contributed by atoms with Crippen LogP contribution in [0, 0.1) is 10.1 Å². The number of amides is 1. The Kier molecular flexibility index (Phi) is 6.27. The van der Waals surface area contributed by atoms with E-state index >= 15 is 0 Å². The summed E-state index contributed by atoms with van der Waals surface area (Å²) in [5.74, 6) is 1.11. The minimum absolute atomic E-state index is 0.0184. The number of thioether (sulfide) groups is 1. The molecule has 0 spiro atoms. The largest absolute Gasteiger partial charge is 0.490 e. The van der Waals surface area contributed by atoms with Crippen LogP contribution in [0.4, 0.5) is 5.69 Å². The summed E-state index contributed by atoms with van der Waals surface area (Å²) in [7, 11) is 1.66. The number of benzene rings is 2. The van der Waals surface area contributed by atoms with Crippen molar-refractivity contribution in [2.45, 2.75) is 0 Å². The van der Waals surface area contributed by atoms with Gasteiger partial charge >= 0.3 is 0 Å². The first-order chi connectivity index (χ1) is 13.4. The van der Waals surface area contributed by atoms with Crippen molar-refractivity contribution in [2.75, 3.05) is 20.3 Å². The van der Waals surface area contributed by atoms with Crippen molar-refractivity contribution in [2.24, 2.45) is 0 Å². The van der Waals surface area contributed by atoms with E-state index in [1.165, 1.54) is 28.8 Å². The van der Waals surface area contributed by atoms with Crippen LogP contribution < -0.4 is 9.47 Å². The van der Waals surface area contributed by atoms with Crippen LogP contribution in [-0.4, -0.2) is 40.3 Å². The number of nitrogens with zero attached hydrogens (tertiary/aromatic N) is 2. The van der Waals surface area contributed by atoms with Crippen molar-refractivity contribution >= 4 is 46.0 Å². The molecule has 0 radical (unpaired) electrons. The fourth-order valence-corrected chi connectivity index (χ4v) is 3.52. The van der Waals surface area contributed by atoms with Gasteiger partial charge in [-0.15, -0.1) is 0 Å². The molecule has 2 aromatic rings. The fraction of sp³-hybridized carbons (Fsp3) is 0.158. The van der Waals surface area contributed by atoms with E-state index in [9.17, 15) is 14.9 Å². The summed E-state index contributed by atoms with van der Waals surface area (Å²) in [5.41, 5.74) is 0.897. The highest BCUT2D eigenvalue weighted by molar-refractivity contribution is 8.26. The molecule has 1 amide bonds. The first-order valence-electron chi connectivity index (χ1n) is 8.26. The lowest BCUT2D eigenvalue weighted by Crippen LogP contribution is -2.22. The molecule has 144 valence electrons. The highest BCUT2D eigenvalue weighted by Gasteiger charge is 2.28. The Morgan fingerprint density at radius 2 is 1.61 bits per heavy atom. The predicted octanol–water partition coefficient (Wildman–Crippen LogP) is 3.88. The minimum atomic E-state index is -0.458. The van der Waals surface area contributed by atoms with E-state index in [1.807, 2.05) is 24.3 Å². The molecule has 1 aliphatic rings. The van der Waals surface area contributed by atoms with Gasteiger partial charge in [0.15, 0.2) is 0 Å². The molecule has 28 heavy (non-hydrogen) atoms. The van der Waals surface area contributed by atoms with E-state index in [0.717, 1.165) is 5.56 Å². The van der Waals surface area contributed by atoms with Crippen LogP contribution in [0.5, 0.6) is 11.5 Å². The molecule has 0 aliphatic carbocycles. The number of carbonyl (C=O) groups is 1. The Labute approximate surface area is 171 Å². The monoisotopic (exact) mass is 416 g/mol. The second kappa shape index (κ2) is 8.85. The Morgan fingerprint density at radius 1 is 1.07 bits per heavy atom. The summed E-state index contributed by atoms with van der Waals surface area (Å²) in [5, 5.41) is 10.6. The second-order valence-corrected chi connectivity index (χ2v) is 7.43. The van der Waals surface area contributed by atoms with E-state index in [-0.39, 0.29) is 11.6 Å². The van der Waals surface area contributed by atoms with E-state index in [0.29, 0.717) is 33.9 Å². The SMILES string of the molecule is CN1C(=O)/C(=C\c2ccc(OCCOc3ccc([N+](=O)[O-])cc3)cc2)SC1=S. The van der Waals surface area contributed by atoms with Crippen LogP contribution in [0.15, 0.2) is 53.4 Å². The molecule has 0 bridgehead atoms. The summed E-state index contributed by atoms with van der Waals surface area (Å²) in [6.07, 6.45) is 1.80. The van der Waals surface area contributed by atoms with Crippen molar-refractivity contribution in [3.05, 3.63) is 69.1 Å². The van der Waals surface area contributed by atoms with Gasteiger partial charge in [-0.25, -0.2) is 0 Å². The average molecular weight is 416 g/mol. The Balaban J connectivity index is 1.48. The quantitative estimate of drug-likeness (QED) is 0.223. The van der Waals surface area contributed by atoms with E-state index < -0.39 is 4.92 Å². The molecule has 9 heteroatoms. The second-order valence-electron chi connectivity index (χ2n) is 5.76. The van der Waals surface area contributed by atoms with Crippen LogP contribution in [0.25, 0.3) is 6.08 Å². The molecular formula is C19H16N2O5S2. The molecule has 1 saturated heterocycles. The molecule has 1 fully saturated rings. The zero-order valence-electron chi connectivity index (χ0n) is 14.9. The average Bonchev–Trinajstić information content (AvgIpc) is 2.93. The topological polar surface area (TPSA) is 81.9 Å². The standard InChI is InChI=1S/C19H16N2O5S2/c1-20-18(22)17(28-19(20)27)12-13-2-6-15(7-3-13)25-10-11-26-16-8-4-14(5-9-16)21(23)24/h2-9,12H,10-11H2,1H3/b17-12+. The zero-order chi connectivity index (χ0) is 20.1. The third-order valence-corrected chi connectivity index (χ3v) is 5.32. The fourth-order valence-electron chi connectivity index (χ4n) is 2.34. The van der Waals surface area contributed by atoms with Crippen LogP contribution in [0.1, 0.15) is 5.56 Å². The van der Waals surface area contributed by atoms with Crippen LogP contribution in [0.3, 0.4) is 0 Å². The molecule has 2 aromatic carbocycles. The summed E-state index contributed by atoms with van der Waals surface area (Å²) in [6, 6.07) is 13.2. The lowest BCUT2D eigenvalue weighted by molar-refractivity contribution is -0.384. The lowest BCUT2D eigenvalue weighted by atomic mass is 10.2. The number of nitro groups is 1. The van der Waals surface area contributed by atoms with Gasteiger partial charge < -0.3 is 9.47 Å². The van der Waals surface area contributed by atoms with Gasteiger partial charge in [0, 0.05) is 19.2 Å². The van der Waals surface area contributed by atoms with E-state index in [2.05, 4.69) is 0 Å². The Hall–Kier alpha value is -2.91. The van der Waals surface area contributed by atoms with Crippen LogP contribution >= 0.6 is 24.0 Å². The van der Waals surface area contributed by atoms with Crippen LogP contribution in [-0.2, 0) is 4.79 Å². The number of rotatable bonds is 7. The molecule has 1 heterocycles. The molecule has 0 N–H and O–H groups in total. The summed E-state index contributed by atoms with van der Waals surface area (Å²) < 4.78 is 11.7. The van der Waals surface area contributed by atoms with E-state index in [1.54, 1.807) is 25.3 Å². The smallest absolute Gasteiger partial charge is 0.269 e. The van der Waals surface area contributed by atoms with Crippen molar-refractivity contribution in [3.8, 4) is 11.5 Å². The number of ether oxygens (including phenoxy) is 2. The Morgan fingerprint density at radius 3 is 2.07 bits per heavy atom. The first-order valence-corrected chi connectivity index (χ1v) is 9.48. The number of carbonyl (C=O) groups excluding carboxylic acids is 1. The molecule has 1 aliphatic heterocycles. The predicted molar refractivity (Wildman–Crippen MR) is 111 cm³/mol. The van der Waals surface area contributed by atoms with Gasteiger partial charge in [-0.3, -0.25) is 19.8 Å². The first kappa shape index (κ1) is 19.8. The number of hydrogen-bond donors (Lipinski definition) is 0. The molecule has 0 unspecified atom stereocenters. The maximum Gasteiger partial charge on any atom is 0.269 e. The number of non-ortho nitro benzene ring substituents is 1. The molecule has 0 aromatic heterocycles. The summed E-state index contributed by atoms with van der Waals surface area (Å²) in [4.78, 5) is 24.2. The maximum absolute atomic E-state index is 12.0. The normalized spacial score (nSPS) is 15.2. The number of thiocarbonyl (C=S) groups is 1. The molecule has 3 rings (SSSR count). The highest BCUT2D eigenvalue weighted by Crippen LogP contribution is 2.31. The lowest BCUT2D eigenvalue weighted by Gasteiger charge is -2.08. The Bertz CT molecular complexity index is 926. The van der Waals surface area contributed by atoms with Crippen molar-refractivity contribution in [3.63, 3.8) is 0 Å².